The van der Waals surface area contributed by atoms with Crippen molar-refractivity contribution in [1.82, 2.24) is 4.90 Å². The van der Waals surface area contributed by atoms with Crippen LogP contribution in [0.5, 0.6) is 0 Å². The Hall–Kier alpha value is -1.08. The summed E-state index contributed by atoms with van der Waals surface area (Å²) in [5.74, 6) is 0.740. The van der Waals surface area contributed by atoms with Gasteiger partial charge in [0.25, 0.3) is 0 Å². The van der Waals surface area contributed by atoms with Gasteiger partial charge in [0.1, 0.15) is 0 Å². The Morgan fingerprint density at radius 2 is 2.06 bits per heavy atom. The number of hydrogen-bond donors (Lipinski definition) is 1. The van der Waals surface area contributed by atoms with Crippen LogP contribution in [0.4, 0.5) is 0 Å². The van der Waals surface area contributed by atoms with Crippen LogP contribution in [0.15, 0.2) is 0 Å². The number of carbonyl (C=O) groups is 1. The van der Waals surface area contributed by atoms with Crippen molar-refractivity contribution in [3.05, 3.63) is 0 Å². The normalized spacial score (nSPS) is 11.9. The number of nitrogens with zero attached hydrogens (tertiary/aromatic N) is 2. The third kappa shape index (κ3) is 7.29. The fourth-order valence-electron chi connectivity index (χ4n) is 2.21. The molecule has 0 aromatic heterocycles. The van der Waals surface area contributed by atoms with E-state index in [1.807, 2.05) is 6.92 Å². The van der Waals surface area contributed by atoms with E-state index in [9.17, 15) is 4.79 Å². The van der Waals surface area contributed by atoms with Gasteiger partial charge in [-0.25, -0.2) is 0 Å². The number of nitrogens with two attached hydrogens (primary N) is 1. The van der Waals surface area contributed by atoms with E-state index in [1.165, 1.54) is 0 Å². The maximum atomic E-state index is 12.0. The smallest absolute Gasteiger partial charge is 0.222 e. The van der Waals surface area contributed by atoms with E-state index in [0.29, 0.717) is 38.4 Å². The summed E-state index contributed by atoms with van der Waals surface area (Å²) in [4.78, 5) is 13.8. The first-order valence-corrected chi connectivity index (χ1v) is 7.04. The summed E-state index contributed by atoms with van der Waals surface area (Å²) in [7, 11) is 0. The Kier molecular flexibility index (Phi) is 10.4. The van der Waals surface area contributed by atoms with E-state index >= 15 is 0 Å². The van der Waals surface area contributed by atoms with Crippen molar-refractivity contribution in [2.45, 2.75) is 52.4 Å². The minimum atomic E-state index is 0.172. The van der Waals surface area contributed by atoms with Gasteiger partial charge in [-0.3, -0.25) is 4.79 Å². The highest BCUT2D eigenvalue weighted by Gasteiger charge is 2.14. The number of hydrogen-bond acceptors (Lipinski definition) is 3. The Morgan fingerprint density at radius 1 is 1.33 bits per heavy atom. The third-order valence-corrected chi connectivity index (χ3v) is 3.27. The lowest BCUT2D eigenvalue weighted by atomic mass is 9.94. The van der Waals surface area contributed by atoms with Gasteiger partial charge >= 0.3 is 0 Å². The van der Waals surface area contributed by atoms with Gasteiger partial charge in [-0.2, -0.15) is 5.26 Å². The zero-order valence-corrected chi connectivity index (χ0v) is 11.8. The summed E-state index contributed by atoms with van der Waals surface area (Å²) >= 11 is 0. The summed E-state index contributed by atoms with van der Waals surface area (Å²) < 4.78 is 0. The molecule has 0 saturated heterocycles. The predicted molar refractivity (Wildman–Crippen MR) is 73.8 cm³/mol. The Balaban J connectivity index is 4.07. The lowest BCUT2D eigenvalue weighted by Gasteiger charge is -2.21. The minimum absolute atomic E-state index is 0.172. The zero-order chi connectivity index (χ0) is 13.8. The van der Waals surface area contributed by atoms with Crippen LogP contribution >= 0.6 is 0 Å². The van der Waals surface area contributed by atoms with Crippen molar-refractivity contribution < 1.29 is 4.79 Å². The summed E-state index contributed by atoms with van der Waals surface area (Å²) in [6.45, 7) is 6.07. The molecule has 1 atom stereocenters. The molecule has 4 heteroatoms. The van der Waals surface area contributed by atoms with E-state index in [1.54, 1.807) is 4.90 Å². The minimum Gasteiger partial charge on any atom is -0.342 e. The van der Waals surface area contributed by atoms with Gasteiger partial charge in [0.2, 0.25) is 5.91 Å². The lowest BCUT2D eigenvalue weighted by Crippen LogP contribution is -2.31. The van der Waals surface area contributed by atoms with Crippen LogP contribution in [-0.4, -0.2) is 30.4 Å². The molecule has 0 aromatic carbocycles. The first kappa shape index (κ1) is 16.9. The van der Waals surface area contributed by atoms with E-state index in [0.717, 1.165) is 25.7 Å². The van der Waals surface area contributed by atoms with Crippen molar-refractivity contribution >= 4 is 5.91 Å². The molecule has 0 aliphatic rings. The Morgan fingerprint density at radius 3 is 2.56 bits per heavy atom. The maximum absolute atomic E-state index is 12.0. The lowest BCUT2D eigenvalue weighted by molar-refractivity contribution is -0.131. The molecule has 0 aromatic rings. The largest absolute Gasteiger partial charge is 0.342 e. The van der Waals surface area contributed by atoms with Crippen LogP contribution in [0.1, 0.15) is 52.4 Å². The van der Waals surface area contributed by atoms with Crippen LogP contribution < -0.4 is 5.73 Å². The van der Waals surface area contributed by atoms with Gasteiger partial charge in [0.05, 0.1) is 12.5 Å². The molecule has 0 heterocycles. The number of rotatable bonds is 10. The summed E-state index contributed by atoms with van der Waals surface area (Å²) in [5.41, 5.74) is 5.59. The van der Waals surface area contributed by atoms with Gasteiger partial charge < -0.3 is 10.6 Å². The molecule has 0 aliphatic carbocycles. The van der Waals surface area contributed by atoms with Crippen molar-refractivity contribution in [3.63, 3.8) is 0 Å². The Labute approximate surface area is 111 Å². The average molecular weight is 253 g/mol. The summed E-state index contributed by atoms with van der Waals surface area (Å²) in [6.07, 6.45) is 5.22. The van der Waals surface area contributed by atoms with Crippen LogP contribution in [-0.2, 0) is 4.79 Å². The highest BCUT2D eigenvalue weighted by atomic mass is 16.2. The van der Waals surface area contributed by atoms with Gasteiger partial charge in [0.15, 0.2) is 0 Å². The predicted octanol–water partition coefficient (Wildman–Crippen LogP) is 2.29. The van der Waals surface area contributed by atoms with Gasteiger partial charge in [0, 0.05) is 19.5 Å². The third-order valence-electron chi connectivity index (χ3n) is 3.27. The Bertz CT molecular complexity index is 254. The average Bonchev–Trinajstić information content (AvgIpc) is 2.37. The molecule has 0 saturated carbocycles. The van der Waals surface area contributed by atoms with Crippen LogP contribution in [0, 0.1) is 17.2 Å². The molecule has 0 bridgehead atoms. The highest BCUT2D eigenvalue weighted by Crippen LogP contribution is 2.17. The molecule has 0 fully saturated rings. The molecule has 0 spiro atoms. The van der Waals surface area contributed by atoms with Gasteiger partial charge in [-0.1, -0.05) is 19.8 Å². The van der Waals surface area contributed by atoms with E-state index in [-0.39, 0.29) is 5.91 Å². The second kappa shape index (κ2) is 11.0. The van der Waals surface area contributed by atoms with Gasteiger partial charge in [-0.15, -0.1) is 0 Å². The second-order valence-corrected chi connectivity index (χ2v) is 4.65. The molecular weight excluding hydrogens is 226 g/mol. The standard InChI is InChI=1S/C14H27N3O/c1-3-6-13(9-11-16)7-8-14(18)17(4-2)12-5-10-15/h13H,3-9,11-12,16H2,1-2H3. The van der Waals surface area contributed by atoms with Crippen LogP contribution in [0.2, 0.25) is 0 Å². The molecule has 2 N–H and O–H groups in total. The van der Waals surface area contributed by atoms with E-state index < -0.39 is 0 Å². The SMILES string of the molecule is CCCC(CCN)CCC(=O)N(CC)CCC#N. The van der Waals surface area contributed by atoms with Crippen molar-refractivity contribution in [3.8, 4) is 6.07 Å². The molecule has 104 valence electrons. The van der Waals surface area contributed by atoms with E-state index in [2.05, 4.69) is 13.0 Å². The van der Waals surface area contributed by atoms with Crippen molar-refractivity contribution in [2.75, 3.05) is 19.6 Å². The monoisotopic (exact) mass is 253 g/mol. The van der Waals surface area contributed by atoms with Crippen LogP contribution in [0.25, 0.3) is 0 Å². The molecule has 4 nitrogen and oxygen atoms in total. The number of carbonyl (C=O) groups excluding carboxylic acids is 1. The first-order chi connectivity index (χ1) is 8.69. The molecule has 0 aliphatic heterocycles. The zero-order valence-electron chi connectivity index (χ0n) is 11.8. The van der Waals surface area contributed by atoms with Gasteiger partial charge in [-0.05, 0) is 32.2 Å². The maximum Gasteiger partial charge on any atom is 0.222 e. The summed E-state index contributed by atoms with van der Waals surface area (Å²) in [5, 5.41) is 8.55. The molecule has 0 rings (SSSR count). The molecule has 0 radical (unpaired) electrons. The fraction of sp³-hybridized carbons (Fsp3) is 0.857. The first-order valence-electron chi connectivity index (χ1n) is 7.04. The summed E-state index contributed by atoms with van der Waals surface area (Å²) in [6, 6.07) is 2.08. The number of nitriles is 1. The highest BCUT2D eigenvalue weighted by molar-refractivity contribution is 5.76. The fourth-order valence-corrected chi connectivity index (χ4v) is 2.21. The molecule has 1 unspecified atom stereocenters. The second-order valence-electron chi connectivity index (χ2n) is 4.65. The topological polar surface area (TPSA) is 70.1 Å². The van der Waals surface area contributed by atoms with E-state index in [4.69, 9.17) is 11.0 Å². The molecule has 1 amide bonds. The quantitative estimate of drug-likeness (QED) is 0.649. The molecule has 18 heavy (non-hydrogen) atoms. The van der Waals surface area contributed by atoms with Crippen molar-refractivity contribution in [2.24, 2.45) is 11.7 Å². The molecular formula is C14H27N3O. The van der Waals surface area contributed by atoms with Crippen LogP contribution in [0.3, 0.4) is 0 Å². The van der Waals surface area contributed by atoms with Crippen molar-refractivity contribution in [1.29, 1.82) is 5.26 Å². The number of amides is 1.